The van der Waals surface area contributed by atoms with E-state index in [2.05, 4.69) is 9.71 Å². The van der Waals surface area contributed by atoms with Crippen LogP contribution >= 0.6 is 23.1 Å². The number of aryl methyl sites for hydroxylation is 2. The lowest BCUT2D eigenvalue weighted by Crippen LogP contribution is -2.40. The molecule has 12 heteroatoms. The van der Waals surface area contributed by atoms with Crippen LogP contribution in [-0.2, 0) is 14.8 Å². The van der Waals surface area contributed by atoms with Crippen LogP contribution in [0.25, 0.3) is 5.69 Å². The number of fused-ring (bicyclic) bond motifs is 1. The highest BCUT2D eigenvalue weighted by Gasteiger charge is 2.33. The van der Waals surface area contributed by atoms with Gasteiger partial charge in [-0.1, -0.05) is 17.7 Å². The lowest BCUT2D eigenvalue weighted by molar-refractivity contribution is 0.0242. The molecule has 0 aliphatic carbocycles. The van der Waals surface area contributed by atoms with Crippen molar-refractivity contribution in [3.8, 4) is 5.69 Å². The summed E-state index contributed by atoms with van der Waals surface area (Å²) in [6, 6.07) is 6.44. The molecule has 1 aromatic carbocycles. The first-order valence-electron chi connectivity index (χ1n) is 12.0. The Bertz CT molecular complexity index is 1440. The van der Waals surface area contributed by atoms with Crippen LogP contribution in [-0.4, -0.2) is 52.9 Å². The van der Waals surface area contributed by atoms with E-state index in [-0.39, 0.29) is 22.8 Å². The van der Waals surface area contributed by atoms with Crippen LogP contribution in [0.15, 0.2) is 38.2 Å². The normalized spacial score (nSPS) is 16.4. The van der Waals surface area contributed by atoms with Crippen LogP contribution in [0.2, 0.25) is 0 Å². The zero-order valence-electron chi connectivity index (χ0n) is 21.8. The number of hydrogen-bond donors (Lipinski definition) is 1. The number of nitrogens with one attached hydrogen (secondary N) is 1. The van der Waals surface area contributed by atoms with Crippen LogP contribution < -0.4 is 10.4 Å². The van der Waals surface area contributed by atoms with Gasteiger partial charge in [0.1, 0.15) is 11.3 Å². The minimum Gasteiger partial charge on any atom is -0.444 e. The van der Waals surface area contributed by atoms with Gasteiger partial charge in [-0.3, -0.25) is 9.29 Å². The van der Waals surface area contributed by atoms with Crippen molar-refractivity contribution < 1.29 is 17.9 Å². The van der Waals surface area contributed by atoms with Gasteiger partial charge in [0.2, 0.25) is 0 Å². The fourth-order valence-corrected chi connectivity index (χ4v) is 7.77. The third-order valence-corrected chi connectivity index (χ3v) is 10.1. The summed E-state index contributed by atoms with van der Waals surface area (Å²) in [5.41, 5.74) is 0.959. The van der Waals surface area contributed by atoms with Gasteiger partial charge in [0.25, 0.3) is 10.0 Å². The standard InChI is InChI=1S/C25H32N4O5S3/c1-15-9-11-19(12-10-15)37(32,33)27-21-20-22(36-17(3)16(2)29(20)23(30)26-21)35-14-18-8-7-13-28(18)24(31)34-25(4,5)6/h9-12,18H,7-8,13-14H2,1-6H3,(H,26,27,30)/t18-/m0/s1. The van der Waals surface area contributed by atoms with Gasteiger partial charge in [0.15, 0.2) is 5.82 Å². The number of nitrogens with zero attached hydrogens (tertiary/aromatic N) is 3. The minimum absolute atomic E-state index is 0.00263. The fraction of sp³-hybridized carbons (Fsp3) is 0.480. The van der Waals surface area contributed by atoms with Crippen LogP contribution in [0.1, 0.15) is 49.7 Å². The number of benzene rings is 1. The highest BCUT2D eigenvalue weighted by atomic mass is 32.2. The van der Waals surface area contributed by atoms with E-state index in [0.29, 0.717) is 23.7 Å². The van der Waals surface area contributed by atoms with E-state index in [1.54, 1.807) is 17.0 Å². The second kappa shape index (κ2) is 10.3. The van der Waals surface area contributed by atoms with Gasteiger partial charge in [-0.05, 0) is 66.5 Å². The van der Waals surface area contributed by atoms with Crippen molar-refractivity contribution >= 4 is 45.0 Å². The Morgan fingerprint density at radius 2 is 1.89 bits per heavy atom. The SMILES string of the molecule is Cc1ccc(S(=O)(=O)Nc2nc(=O)n3c(C)c(C)sc(SC[C@@H]4CCCN4C(=O)OC(C)(C)C)c2-3)cc1. The second-order valence-electron chi connectivity index (χ2n) is 10.2. The predicted octanol–water partition coefficient (Wildman–Crippen LogP) is 4.95. The first kappa shape index (κ1) is 27.5. The minimum atomic E-state index is -3.95. The number of likely N-dealkylation sites (tertiary alicyclic amines) is 1. The van der Waals surface area contributed by atoms with Gasteiger partial charge in [0.05, 0.1) is 9.10 Å². The zero-order chi connectivity index (χ0) is 27.1. The lowest BCUT2D eigenvalue weighted by atomic mass is 10.2. The molecule has 1 aromatic rings. The number of aromatic nitrogens is 2. The Hall–Kier alpha value is -2.57. The topological polar surface area (TPSA) is 111 Å². The van der Waals surface area contributed by atoms with E-state index in [1.807, 2.05) is 41.5 Å². The molecule has 9 nitrogen and oxygen atoms in total. The number of thioether (sulfide) groups is 1. The molecular formula is C25H32N4O5S3. The van der Waals surface area contributed by atoms with E-state index in [4.69, 9.17) is 4.74 Å². The number of sulfonamides is 1. The number of imidazole rings is 1. The van der Waals surface area contributed by atoms with Gasteiger partial charge in [0, 0.05) is 28.9 Å². The molecular weight excluding hydrogens is 532 g/mol. The largest absolute Gasteiger partial charge is 0.444 e. The fourth-order valence-electron chi connectivity index (χ4n) is 4.13. The number of ether oxygens (including phenoxy) is 1. The molecule has 0 spiro atoms. The molecule has 3 aliphatic heterocycles. The van der Waals surface area contributed by atoms with Crippen LogP contribution in [0.3, 0.4) is 0 Å². The monoisotopic (exact) mass is 564 g/mol. The molecule has 37 heavy (non-hydrogen) atoms. The molecule has 1 amide bonds. The van der Waals surface area contributed by atoms with Crippen molar-refractivity contribution in [3.63, 3.8) is 0 Å². The number of amides is 1. The number of rotatable bonds is 6. The van der Waals surface area contributed by atoms with Crippen molar-refractivity contribution in [2.24, 2.45) is 0 Å². The Balaban J connectivity index is 1.65. The first-order chi connectivity index (χ1) is 17.3. The van der Waals surface area contributed by atoms with Crippen molar-refractivity contribution in [3.05, 3.63) is 50.9 Å². The van der Waals surface area contributed by atoms with Crippen LogP contribution in [0, 0.1) is 20.8 Å². The molecule has 1 atom stereocenters. The molecule has 3 aliphatic rings. The van der Waals surface area contributed by atoms with Gasteiger partial charge in [-0.25, -0.2) is 18.0 Å². The average Bonchev–Trinajstić information content (AvgIpc) is 3.39. The van der Waals surface area contributed by atoms with E-state index >= 15 is 0 Å². The van der Waals surface area contributed by atoms with E-state index in [0.717, 1.165) is 27.5 Å². The van der Waals surface area contributed by atoms with Crippen LogP contribution in [0.5, 0.6) is 0 Å². The van der Waals surface area contributed by atoms with Crippen molar-refractivity contribution in [1.82, 2.24) is 14.5 Å². The quantitative estimate of drug-likeness (QED) is 0.422. The third-order valence-electron chi connectivity index (χ3n) is 6.10. The van der Waals surface area contributed by atoms with Crippen molar-refractivity contribution in [1.29, 1.82) is 0 Å². The molecule has 1 fully saturated rings. The highest BCUT2D eigenvalue weighted by molar-refractivity contribution is 8.01. The first-order valence-corrected chi connectivity index (χ1v) is 15.3. The molecule has 1 saturated heterocycles. The van der Waals surface area contributed by atoms with Gasteiger partial charge < -0.3 is 9.64 Å². The molecule has 200 valence electrons. The summed E-state index contributed by atoms with van der Waals surface area (Å²) in [7, 11) is -3.95. The molecule has 0 aromatic heterocycles. The molecule has 3 heterocycles. The smallest absolute Gasteiger partial charge is 0.410 e. The van der Waals surface area contributed by atoms with E-state index in [9.17, 15) is 18.0 Å². The molecule has 0 saturated carbocycles. The summed E-state index contributed by atoms with van der Waals surface area (Å²) < 4.78 is 36.5. The highest BCUT2D eigenvalue weighted by Crippen LogP contribution is 2.40. The lowest BCUT2D eigenvalue weighted by Gasteiger charge is -2.28. The summed E-state index contributed by atoms with van der Waals surface area (Å²) in [6.07, 6.45) is 1.40. The van der Waals surface area contributed by atoms with Crippen LogP contribution in [0.4, 0.5) is 10.6 Å². The summed E-state index contributed by atoms with van der Waals surface area (Å²) in [5, 5.41) is 0. The van der Waals surface area contributed by atoms with E-state index in [1.165, 1.54) is 39.8 Å². The molecule has 0 unspecified atom stereocenters. The Morgan fingerprint density at radius 1 is 1.22 bits per heavy atom. The average molecular weight is 565 g/mol. The number of anilines is 1. The zero-order valence-corrected chi connectivity index (χ0v) is 24.3. The molecule has 1 N–H and O–H groups in total. The van der Waals surface area contributed by atoms with Gasteiger partial charge >= 0.3 is 11.8 Å². The molecule has 0 radical (unpaired) electrons. The Kier molecular flexibility index (Phi) is 7.64. The maximum Gasteiger partial charge on any atom is 0.410 e. The van der Waals surface area contributed by atoms with E-state index < -0.39 is 21.3 Å². The third kappa shape index (κ3) is 5.96. The van der Waals surface area contributed by atoms with Gasteiger partial charge in [-0.2, -0.15) is 4.98 Å². The predicted molar refractivity (Wildman–Crippen MR) is 147 cm³/mol. The Labute approximate surface area is 225 Å². The summed E-state index contributed by atoms with van der Waals surface area (Å²) >= 11 is 2.98. The maximum absolute atomic E-state index is 13.1. The second-order valence-corrected chi connectivity index (χ2v) is 14.4. The Morgan fingerprint density at radius 3 is 2.54 bits per heavy atom. The van der Waals surface area contributed by atoms with Gasteiger partial charge in [-0.15, -0.1) is 23.1 Å². The summed E-state index contributed by atoms with van der Waals surface area (Å²) in [4.78, 5) is 32.4. The maximum atomic E-state index is 13.1. The molecule has 0 bridgehead atoms. The van der Waals surface area contributed by atoms with Crippen molar-refractivity contribution in [2.75, 3.05) is 17.0 Å². The number of carbonyl (C=O) groups excluding carboxylic acids is 1. The number of carbonyl (C=O) groups is 1. The number of hydrogen-bond acceptors (Lipinski definition) is 8. The molecule has 4 rings (SSSR count). The van der Waals surface area contributed by atoms with Crippen molar-refractivity contribution in [2.45, 2.75) is 75.1 Å². The summed E-state index contributed by atoms with van der Waals surface area (Å²) in [6.45, 7) is 11.8. The summed E-state index contributed by atoms with van der Waals surface area (Å²) in [5.74, 6) is 0.583.